The minimum absolute atomic E-state index is 0.138. The fourth-order valence-corrected chi connectivity index (χ4v) is 2.47. The largest absolute Gasteiger partial charge is 0.398 e. The van der Waals surface area contributed by atoms with E-state index in [1.165, 1.54) is 38.2 Å². The quantitative estimate of drug-likeness (QED) is 0.738. The number of benzene rings is 1. The lowest BCUT2D eigenvalue weighted by atomic mass is 9.84. The summed E-state index contributed by atoms with van der Waals surface area (Å²) in [5, 5.41) is 0. The van der Waals surface area contributed by atoms with Gasteiger partial charge in [0.1, 0.15) is 5.82 Å². The van der Waals surface area contributed by atoms with E-state index in [4.69, 9.17) is 5.73 Å². The summed E-state index contributed by atoms with van der Waals surface area (Å²) in [6.45, 7) is 0. The first-order valence-electron chi connectivity index (χ1n) is 5.80. The minimum Gasteiger partial charge on any atom is -0.398 e. The zero-order valence-corrected chi connectivity index (χ0v) is 9.01. The number of halogens is 1. The molecular weight excluding hydrogens is 189 g/mol. The van der Waals surface area contributed by atoms with Crippen LogP contribution in [0, 0.1) is 11.7 Å². The molecule has 1 aliphatic rings. The van der Waals surface area contributed by atoms with Crippen LogP contribution in [-0.2, 0) is 6.42 Å². The third-order valence-electron chi connectivity index (χ3n) is 3.37. The zero-order chi connectivity index (χ0) is 10.7. The van der Waals surface area contributed by atoms with Crippen LogP contribution in [0.15, 0.2) is 18.2 Å². The van der Waals surface area contributed by atoms with Crippen LogP contribution in [0.4, 0.5) is 10.1 Å². The highest BCUT2D eigenvalue weighted by Crippen LogP contribution is 2.29. The molecule has 0 bridgehead atoms. The molecule has 2 rings (SSSR count). The first-order valence-corrected chi connectivity index (χ1v) is 5.80. The highest BCUT2D eigenvalue weighted by molar-refractivity contribution is 5.47. The molecule has 0 saturated heterocycles. The first kappa shape index (κ1) is 10.5. The van der Waals surface area contributed by atoms with Crippen molar-refractivity contribution in [1.29, 1.82) is 0 Å². The van der Waals surface area contributed by atoms with Gasteiger partial charge in [0, 0.05) is 11.3 Å². The van der Waals surface area contributed by atoms with E-state index >= 15 is 0 Å². The molecule has 0 unspecified atom stereocenters. The van der Waals surface area contributed by atoms with Gasteiger partial charge in [0.05, 0.1) is 0 Å². The summed E-state index contributed by atoms with van der Waals surface area (Å²) >= 11 is 0. The van der Waals surface area contributed by atoms with Crippen molar-refractivity contribution in [2.75, 3.05) is 5.73 Å². The zero-order valence-electron chi connectivity index (χ0n) is 9.01. The van der Waals surface area contributed by atoms with Gasteiger partial charge in [-0.3, -0.25) is 0 Å². The highest BCUT2D eigenvalue weighted by atomic mass is 19.1. The van der Waals surface area contributed by atoms with Crippen LogP contribution >= 0.6 is 0 Å². The van der Waals surface area contributed by atoms with Crippen molar-refractivity contribution < 1.29 is 4.39 Å². The summed E-state index contributed by atoms with van der Waals surface area (Å²) in [5.74, 6) is 0.499. The Bertz CT molecular complexity index is 309. The highest BCUT2D eigenvalue weighted by Gasteiger charge is 2.17. The van der Waals surface area contributed by atoms with Gasteiger partial charge < -0.3 is 5.73 Å². The lowest BCUT2D eigenvalue weighted by Gasteiger charge is -2.22. The summed E-state index contributed by atoms with van der Waals surface area (Å²) in [5.41, 5.74) is 7.14. The Labute approximate surface area is 90.5 Å². The van der Waals surface area contributed by atoms with E-state index < -0.39 is 0 Å². The minimum atomic E-state index is -0.138. The van der Waals surface area contributed by atoms with Crippen LogP contribution in [0.3, 0.4) is 0 Å². The number of nitrogen functional groups attached to an aromatic ring is 1. The Morgan fingerprint density at radius 1 is 1.20 bits per heavy atom. The number of rotatable bonds is 2. The summed E-state index contributed by atoms with van der Waals surface area (Å²) in [4.78, 5) is 0. The van der Waals surface area contributed by atoms with Crippen molar-refractivity contribution in [3.8, 4) is 0 Å². The monoisotopic (exact) mass is 207 g/mol. The second kappa shape index (κ2) is 4.65. The van der Waals surface area contributed by atoms with E-state index in [1.54, 1.807) is 12.1 Å². The molecule has 1 aliphatic carbocycles. The van der Waals surface area contributed by atoms with Crippen molar-refractivity contribution in [3.05, 3.63) is 29.6 Å². The number of hydrogen-bond acceptors (Lipinski definition) is 1. The molecule has 0 heterocycles. The molecule has 0 atom stereocenters. The van der Waals surface area contributed by atoms with Gasteiger partial charge in [0.15, 0.2) is 0 Å². The Morgan fingerprint density at radius 3 is 2.60 bits per heavy atom. The Hall–Kier alpha value is -1.05. The molecule has 1 nitrogen and oxygen atoms in total. The molecule has 0 radical (unpaired) electrons. The molecule has 82 valence electrons. The molecule has 0 spiro atoms. The average Bonchev–Trinajstić information content (AvgIpc) is 2.25. The van der Waals surface area contributed by atoms with Gasteiger partial charge in [-0.25, -0.2) is 4.39 Å². The van der Waals surface area contributed by atoms with Gasteiger partial charge >= 0.3 is 0 Å². The summed E-state index contributed by atoms with van der Waals surface area (Å²) < 4.78 is 13.5. The molecule has 0 aromatic heterocycles. The molecule has 1 aromatic rings. The maximum absolute atomic E-state index is 13.5. The maximum atomic E-state index is 13.5. The predicted octanol–water partition coefficient (Wildman–Crippen LogP) is 3.53. The molecule has 1 aromatic carbocycles. The standard InChI is InChI=1S/C13H18FN/c14-12-7-4-8-13(15)11(12)9-10-5-2-1-3-6-10/h4,7-8,10H,1-3,5-6,9,15H2. The van der Waals surface area contributed by atoms with Gasteiger partial charge in [-0.2, -0.15) is 0 Å². The SMILES string of the molecule is Nc1cccc(F)c1CC1CCCCC1. The normalized spacial score (nSPS) is 17.9. The third kappa shape index (κ3) is 2.49. The number of anilines is 1. The van der Waals surface area contributed by atoms with Crippen LogP contribution in [-0.4, -0.2) is 0 Å². The second-order valence-corrected chi connectivity index (χ2v) is 4.52. The van der Waals surface area contributed by atoms with Crippen molar-refractivity contribution >= 4 is 5.69 Å². The number of hydrogen-bond donors (Lipinski definition) is 1. The Kier molecular flexibility index (Phi) is 3.24. The fraction of sp³-hybridized carbons (Fsp3) is 0.538. The van der Waals surface area contributed by atoms with Gasteiger partial charge in [0.2, 0.25) is 0 Å². The Morgan fingerprint density at radius 2 is 1.93 bits per heavy atom. The fourth-order valence-electron chi connectivity index (χ4n) is 2.47. The van der Waals surface area contributed by atoms with Gasteiger partial charge in [-0.1, -0.05) is 38.2 Å². The third-order valence-corrected chi connectivity index (χ3v) is 3.37. The van der Waals surface area contributed by atoms with Gasteiger partial charge in [0.25, 0.3) is 0 Å². The van der Waals surface area contributed by atoms with E-state index in [9.17, 15) is 4.39 Å². The van der Waals surface area contributed by atoms with E-state index in [1.807, 2.05) is 0 Å². The molecule has 1 fully saturated rings. The summed E-state index contributed by atoms with van der Waals surface area (Å²) in [7, 11) is 0. The molecular formula is C13H18FN. The molecule has 2 N–H and O–H groups in total. The van der Waals surface area contributed by atoms with Crippen molar-refractivity contribution in [1.82, 2.24) is 0 Å². The van der Waals surface area contributed by atoms with E-state index in [0.29, 0.717) is 11.6 Å². The summed E-state index contributed by atoms with van der Waals surface area (Å²) in [6, 6.07) is 4.98. The predicted molar refractivity (Wildman–Crippen MR) is 61.1 cm³/mol. The van der Waals surface area contributed by atoms with Crippen LogP contribution in [0.2, 0.25) is 0 Å². The van der Waals surface area contributed by atoms with E-state index in [2.05, 4.69) is 0 Å². The second-order valence-electron chi connectivity index (χ2n) is 4.52. The molecule has 1 saturated carbocycles. The first-order chi connectivity index (χ1) is 7.27. The van der Waals surface area contributed by atoms with E-state index in [0.717, 1.165) is 12.0 Å². The van der Waals surface area contributed by atoms with Crippen molar-refractivity contribution in [3.63, 3.8) is 0 Å². The van der Waals surface area contributed by atoms with Crippen LogP contribution in [0.5, 0.6) is 0 Å². The summed E-state index contributed by atoms with van der Waals surface area (Å²) in [6.07, 6.45) is 7.20. The van der Waals surface area contributed by atoms with Crippen molar-refractivity contribution in [2.45, 2.75) is 38.5 Å². The smallest absolute Gasteiger partial charge is 0.128 e. The van der Waals surface area contributed by atoms with Crippen LogP contribution in [0.25, 0.3) is 0 Å². The van der Waals surface area contributed by atoms with Gasteiger partial charge in [-0.05, 0) is 24.5 Å². The van der Waals surface area contributed by atoms with Crippen molar-refractivity contribution in [2.24, 2.45) is 5.92 Å². The lowest BCUT2D eigenvalue weighted by Crippen LogP contribution is -2.11. The maximum Gasteiger partial charge on any atom is 0.128 e. The Balaban J connectivity index is 2.09. The van der Waals surface area contributed by atoms with Crippen LogP contribution in [0.1, 0.15) is 37.7 Å². The van der Waals surface area contributed by atoms with Crippen LogP contribution < -0.4 is 5.73 Å². The molecule has 0 aliphatic heterocycles. The molecule has 15 heavy (non-hydrogen) atoms. The molecule has 2 heteroatoms. The van der Waals surface area contributed by atoms with Gasteiger partial charge in [-0.15, -0.1) is 0 Å². The lowest BCUT2D eigenvalue weighted by molar-refractivity contribution is 0.353. The topological polar surface area (TPSA) is 26.0 Å². The average molecular weight is 207 g/mol. The molecule has 0 amide bonds. The van der Waals surface area contributed by atoms with E-state index in [-0.39, 0.29) is 5.82 Å². The number of nitrogens with two attached hydrogens (primary N) is 1.